The molecule has 0 aromatic heterocycles. The van der Waals surface area contributed by atoms with Crippen molar-refractivity contribution in [2.75, 3.05) is 0 Å². The van der Waals surface area contributed by atoms with Crippen molar-refractivity contribution in [2.24, 2.45) is 0 Å². The lowest BCUT2D eigenvalue weighted by atomic mass is 10.8. The minimum atomic E-state index is -1.35. The lowest BCUT2D eigenvalue weighted by Gasteiger charge is -1.85. The highest BCUT2D eigenvalue weighted by Crippen LogP contribution is 1.91. The Hall–Kier alpha value is 0.180. The highest BCUT2D eigenvalue weighted by atomic mass is 35.5. The van der Waals surface area contributed by atoms with Crippen LogP contribution in [0.5, 0.6) is 0 Å². The maximum absolute atomic E-state index is 11.1. The van der Waals surface area contributed by atoms with Crippen molar-refractivity contribution in [3.8, 4) is 0 Å². The van der Waals surface area contributed by atoms with Crippen LogP contribution in [0.15, 0.2) is 0 Å². The fourth-order valence-corrected chi connectivity index (χ4v) is 0. The lowest BCUT2D eigenvalue weighted by Crippen LogP contribution is -1.86. The van der Waals surface area contributed by atoms with Crippen molar-refractivity contribution in [2.45, 2.75) is 13.3 Å². The molecule has 0 fully saturated rings. The molecule has 0 saturated carbocycles. The minimum Gasteiger partial charge on any atom is -0.242 e. The van der Waals surface area contributed by atoms with Crippen molar-refractivity contribution in [1.82, 2.24) is 0 Å². The first kappa shape index (κ1) is 5.18. The summed E-state index contributed by atoms with van der Waals surface area (Å²) in [5.41, 5.74) is 0. The average molecular weight is 98.5 g/mol. The second kappa shape index (κ2) is 2.42. The second-order valence-corrected chi connectivity index (χ2v) is 0.810. The summed E-state index contributed by atoms with van der Waals surface area (Å²) in [6, 6.07) is 0. The van der Waals surface area contributed by atoms with Gasteiger partial charge in [-0.1, -0.05) is 0 Å². The smallest absolute Gasteiger partial charge is 0.215 e. The Bertz CT molecular complexity index is 23.6. The first-order chi connectivity index (χ1) is 2.27. The summed E-state index contributed by atoms with van der Waals surface area (Å²) in [4.78, 5) is 0. The Kier molecular flexibility index (Phi) is 2.51. The van der Waals surface area contributed by atoms with Gasteiger partial charge in [0.2, 0.25) is 6.36 Å². The van der Waals surface area contributed by atoms with Gasteiger partial charge in [0, 0.05) is 0 Å². The quantitative estimate of drug-likeness (QED) is 0.483. The van der Waals surface area contributed by atoms with Gasteiger partial charge in [-0.2, -0.15) is 0 Å². The molecule has 0 aliphatic carbocycles. The first-order valence-corrected chi connectivity index (χ1v) is 1.49. The molecule has 0 aromatic carbocycles. The maximum atomic E-state index is 11.1. The summed E-state index contributed by atoms with van der Waals surface area (Å²) in [6.07, 6.45) is -1.35. The number of hydrogen-bond donors (Lipinski definition) is 0. The van der Waals surface area contributed by atoms with E-state index in [1.807, 2.05) is 0 Å². The van der Waals surface area contributed by atoms with Gasteiger partial charge in [-0.15, -0.1) is 0 Å². The van der Waals surface area contributed by atoms with Gasteiger partial charge in [0.05, 0.1) is 11.9 Å². The van der Waals surface area contributed by atoms with Crippen LogP contribution in [0.25, 0.3) is 0 Å². The normalized spacial score (nSPS) is 15.0. The zero-order valence-corrected chi connectivity index (χ0v) is 3.50. The number of hydrogen-bond acceptors (Lipinski definition) is 1. The summed E-state index contributed by atoms with van der Waals surface area (Å²) in [7, 11) is 0. The van der Waals surface area contributed by atoms with Crippen LogP contribution in [0.4, 0.5) is 4.39 Å². The molecule has 0 aromatic rings. The second-order valence-electron chi connectivity index (χ2n) is 0.632. The molecular formula is C2H4ClFO. The summed E-state index contributed by atoms with van der Waals surface area (Å²) >= 11 is 4.46. The van der Waals surface area contributed by atoms with E-state index in [2.05, 4.69) is 16.2 Å². The Balaban J connectivity index is 2.54. The zero-order chi connectivity index (χ0) is 4.28. The van der Waals surface area contributed by atoms with E-state index in [9.17, 15) is 4.39 Å². The molecule has 32 valence electrons. The van der Waals surface area contributed by atoms with Crippen LogP contribution in [0, 0.1) is 0 Å². The third-order valence-electron chi connectivity index (χ3n) is 0.123. The van der Waals surface area contributed by atoms with Gasteiger partial charge in [0.1, 0.15) is 0 Å². The van der Waals surface area contributed by atoms with Gasteiger partial charge in [-0.25, -0.2) is 8.68 Å². The number of halogens is 2. The Morgan fingerprint density at radius 1 is 2.00 bits per heavy atom. The molecule has 0 radical (unpaired) electrons. The summed E-state index contributed by atoms with van der Waals surface area (Å²) < 4.78 is 14.6. The molecule has 0 heterocycles. The largest absolute Gasteiger partial charge is 0.242 e. The fraction of sp³-hybridized carbons (Fsp3) is 1.00. The summed E-state index contributed by atoms with van der Waals surface area (Å²) in [5.74, 6) is 0. The first-order valence-electron chi connectivity index (χ1n) is 1.19. The molecule has 0 aliphatic rings. The van der Waals surface area contributed by atoms with Crippen LogP contribution in [0.3, 0.4) is 0 Å². The fourth-order valence-electron chi connectivity index (χ4n) is 0. The zero-order valence-electron chi connectivity index (χ0n) is 2.74. The molecule has 1 unspecified atom stereocenters. The van der Waals surface area contributed by atoms with Crippen LogP contribution in [0.2, 0.25) is 0 Å². The summed E-state index contributed by atoms with van der Waals surface area (Å²) in [5, 5.41) is 0. The van der Waals surface area contributed by atoms with Crippen LogP contribution in [0.1, 0.15) is 6.92 Å². The molecule has 0 saturated heterocycles. The lowest BCUT2D eigenvalue weighted by molar-refractivity contribution is 0.0984. The van der Waals surface area contributed by atoms with E-state index >= 15 is 0 Å². The molecular weight excluding hydrogens is 94.5 g/mol. The molecule has 5 heavy (non-hydrogen) atoms. The number of alkyl halides is 1. The van der Waals surface area contributed by atoms with Crippen molar-refractivity contribution in [1.29, 1.82) is 0 Å². The van der Waals surface area contributed by atoms with Crippen molar-refractivity contribution in [3.05, 3.63) is 0 Å². The van der Waals surface area contributed by atoms with E-state index < -0.39 is 6.36 Å². The van der Waals surface area contributed by atoms with E-state index in [-0.39, 0.29) is 0 Å². The monoisotopic (exact) mass is 98.0 g/mol. The number of rotatable bonds is 1. The minimum absolute atomic E-state index is 1.20. The van der Waals surface area contributed by atoms with Crippen LogP contribution < -0.4 is 0 Å². The predicted octanol–water partition coefficient (Wildman–Crippen LogP) is 1.47. The third-order valence-corrected chi connectivity index (χ3v) is 0.368. The van der Waals surface area contributed by atoms with Gasteiger partial charge >= 0.3 is 0 Å². The molecule has 3 heteroatoms. The third kappa shape index (κ3) is 4.18. The van der Waals surface area contributed by atoms with Gasteiger partial charge in [0.25, 0.3) is 0 Å². The summed E-state index contributed by atoms with van der Waals surface area (Å²) in [6.45, 7) is 1.20. The van der Waals surface area contributed by atoms with Crippen molar-refractivity contribution < 1.29 is 8.68 Å². The van der Waals surface area contributed by atoms with Crippen molar-refractivity contribution in [3.63, 3.8) is 0 Å². The van der Waals surface area contributed by atoms with Gasteiger partial charge in [-0.3, -0.25) is 0 Å². The van der Waals surface area contributed by atoms with E-state index in [1.165, 1.54) is 6.92 Å². The molecule has 0 amide bonds. The molecule has 0 bridgehead atoms. The average Bonchev–Trinajstić information content (AvgIpc) is 1.38. The molecule has 0 rings (SSSR count). The van der Waals surface area contributed by atoms with E-state index in [0.717, 1.165) is 0 Å². The maximum Gasteiger partial charge on any atom is 0.215 e. The highest BCUT2D eigenvalue weighted by Gasteiger charge is 1.87. The van der Waals surface area contributed by atoms with Crippen LogP contribution in [-0.4, -0.2) is 6.36 Å². The van der Waals surface area contributed by atoms with Crippen molar-refractivity contribution >= 4 is 11.9 Å². The van der Waals surface area contributed by atoms with E-state index in [1.54, 1.807) is 0 Å². The van der Waals surface area contributed by atoms with Gasteiger partial charge in [0.15, 0.2) is 0 Å². The Morgan fingerprint density at radius 2 is 2.20 bits per heavy atom. The van der Waals surface area contributed by atoms with Gasteiger partial charge < -0.3 is 0 Å². The predicted molar refractivity (Wildman–Crippen MR) is 17.5 cm³/mol. The van der Waals surface area contributed by atoms with Crippen LogP contribution in [-0.2, 0) is 4.29 Å². The Morgan fingerprint density at radius 3 is 2.20 bits per heavy atom. The molecule has 1 atom stereocenters. The van der Waals surface area contributed by atoms with Crippen LogP contribution >= 0.6 is 11.9 Å². The van der Waals surface area contributed by atoms with Gasteiger partial charge in [-0.05, 0) is 6.92 Å². The molecule has 0 spiro atoms. The highest BCUT2D eigenvalue weighted by molar-refractivity contribution is 6.07. The molecule has 0 N–H and O–H groups in total. The topological polar surface area (TPSA) is 9.23 Å². The standard InChI is InChI=1S/C2H4ClFO/c1-2(4)5-3/h2H,1H3. The molecule has 1 nitrogen and oxygen atoms in total. The molecule has 0 aliphatic heterocycles. The Labute approximate surface area is 34.9 Å². The SMILES string of the molecule is CC(F)OCl. The van der Waals surface area contributed by atoms with E-state index in [4.69, 9.17) is 0 Å². The van der Waals surface area contributed by atoms with E-state index in [0.29, 0.717) is 0 Å².